The molecule has 2 N–H and O–H groups in total. The van der Waals surface area contributed by atoms with E-state index < -0.39 is 0 Å². The fourth-order valence-electron chi connectivity index (χ4n) is 0.358. The van der Waals surface area contributed by atoms with Crippen LogP contribution in [0.25, 0.3) is 0 Å². The number of rotatable bonds is 1. The van der Waals surface area contributed by atoms with Crippen molar-refractivity contribution < 1.29 is 9.21 Å². The first kappa shape index (κ1) is 8.24. The number of nitriles is 1. The van der Waals surface area contributed by atoms with Crippen molar-refractivity contribution in [3.8, 4) is 6.19 Å². The van der Waals surface area contributed by atoms with Crippen molar-refractivity contribution in [3.05, 3.63) is 24.2 Å². The first-order valence-corrected chi connectivity index (χ1v) is 2.43. The summed E-state index contributed by atoms with van der Waals surface area (Å²) in [7, 11) is 0. The van der Waals surface area contributed by atoms with Gasteiger partial charge in [-0.25, -0.2) is 0 Å². The molecule has 52 valence electrons. The molecule has 10 heavy (non-hydrogen) atoms. The molecule has 0 aliphatic carbocycles. The molecule has 1 heterocycles. The molecular formula is C6H6N2O2. The number of nitrogens with two attached hydrogens (primary N) is 1. The van der Waals surface area contributed by atoms with E-state index in [0.717, 1.165) is 0 Å². The molecule has 1 rings (SSSR count). The lowest BCUT2D eigenvalue weighted by Crippen LogP contribution is -1.69. The monoisotopic (exact) mass is 138 g/mol. The van der Waals surface area contributed by atoms with E-state index in [1.54, 1.807) is 12.1 Å². The van der Waals surface area contributed by atoms with Gasteiger partial charge in [-0.2, -0.15) is 5.26 Å². The van der Waals surface area contributed by atoms with Crippen LogP contribution in [0.4, 0.5) is 0 Å². The fraction of sp³-hybridized carbons (Fsp3) is 0. The summed E-state index contributed by atoms with van der Waals surface area (Å²) in [6, 6.07) is 3.27. The van der Waals surface area contributed by atoms with Crippen LogP contribution < -0.4 is 5.73 Å². The molecule has 0 saturated carbocycles. The first-order chi connectivity index (χ1) is 4.85. The molecule has 0 aliphatic heterocycles. The smallest absolute Gasteiger partial charge is 0.185 e. The van der Waals surface area contributed by atoms with Crippen LogP contribution in [-0.2, 0) is 0 Å². The minimum atomic E-state index is 0.375. The molecule has 0 radical (unpaired) electrons. The molecule has 0 saturated heterocycles. The molecule has 0 atom stereocenters. The molecule has 0 unspecified atom stereocenters. The predicted octanol–water partition coefficient (Wildman–Crippen LogP) is 0.518. The van der Waals surface area contributed by atoms with E-state index in [2.05, 4.69) is 10.2 Å². The lowest BCUT2D eigenvalue weighted by Gasteiger charge is -1.68. The van der Waals surface area contributed by atoms with Crippen molar-refractivity contribution in [2.75, 3.05) is 0 Å². The lowest BCUT2D eigenvalue weighted by atomic mass is 10.5. The third kappa shape index (κ3) is 3.27. The summed E-state index contributed by atoms with van der Waals surface area (Å²) in [5.74, 6) is 0.375. The maximum absolute atomic E-state index is 9.77. The largest absolute Gasteiger partial charge is 0.462 e. The van der Waals surface area contributed by atoms with E-state index in [9.17, 15) is 4.79 Å². The van der Waals surface area contributed by atoms with Crippen molar-refractivity contribution in [2.45, 2.75) is 0 Å². The Morgan fingerprint density at radius 3 is 2.60 bits per heavy atom. The van der Waals surface area contributed by atoms with Gasteiger partial charge in [0.15, 0.2) is 18.2 Å². The Hall–Kier alpha value is -1.76. The van der Waals surface area contributed by atoms with Gasteiger partial charge in [0.25, 0.3) is 0 Å². The normalized spacial score (nSPS) is 6.70. The summed E-state index contributed by atoms with van der Waals surface area (Å²) in [6.45, 7) is 0. The molecule has 0 spiro atoms. The summed E-state index contributed by atoms with van der Waals surface area (Å²) in [6.07, 6.45) is 3.38. The number of furan rings is 1. The lowest BCUT2D eigenvalue weighted by molar-refractivity contribution is 0.110. The highest BCUT2D eigenvalue weighted by Gasteiger charge is 1.84. The molecule has 0 fully saturated rings. The van der Waals surface area contributed by atoms with Gasteiger partial charge in [-0.1, -0.05) is 0 Å². The third-order valence-corrected chi connectivity index (χ3v) is 0.659. The second kappa shape index (κ2) is 5.38. The number of hydrogen-bond donors (Lipinski definition) is 1. The average Bonchev–Trinajstić information content (AvgIpc) is 2.39. The van der Waals surface area contributed by atoms with Crippen molar-refractivity contribution in [1.82, 2.24) is 0 Å². The standard InChI is InChI=1S/C5H4O2.CH2N2/c6-4-5-2-1-3-7-5;2-1-3/h1-4H;2H2. The van der Waals surface area contributed by atoms with E-state index in [0.29, 0.717) is 12.0 Å². The molecule has 0 aromatic carbocycles. The summed E-state index contributed by atoms with van der Waals surface area (Å²) in [4.78, 5) is 9.77. The molecule has 1 aromatic heterocycles. The predicted molar refractivity (Wildman–Crippen MR) is 33.9 cm³/mol. The fourth-order valence-corrected chi connectivity index (χ4v) is 0.358. The molecular weight excluding hydrogens is 132 g/mol. The maximum atomic E-state index is 9.77. The van der Waals surface area contributed by atoms with Crippen LogP contribution in [-0.4, -0.2) is 6.29 Å². The summed E-state index contributed by atoms with van der Waals surface area (Å²) in [5, 5.41) is 7.10. The second-order valence-corrected chi connectivity index (χ2v) is 1.26. The molecule has 0 aliphatic rings. The van der Waals surface area contributed by atoms with Crippen LogP contribution in [0.3, 0.4) is 0 Å². The van der Waals surface area contributed by atoms with Crippen LogP contribution in [0.1, 0.15) is 10.6 Å². The van der Waals surface area contributed by atoms with Crippen molar-refractivity contribution in [3.63, 3.8) is 0 Å². The van der Waals surface area contributed by atoms with Gasteiger partial charge in [-0.15, -0.1) is 0 Å². The summed E-state index contributed by atoms with van der Waals surface area (Å²) in [5.41, 5.74) is 4.15. The van der Waals surface area contributed by atoms with Gasteiger partial charge >= 0.3 is 0 Å². The van der Waals surface area contributed by atoms with Gasteiger partial charge in [0, 0.05) is 0 Å². The van der Waals surface area contributed by atoms with Gasteiger partial charge in [-0.05, 0) is 12.1 Å². The Kier molecular flexibility index (Phi) is 4.43. The molecule has 4 nitrogen and oxygen atoms in total. The molecule has 0 amide bonds. The van der Waals surface area contributed by atoms with Gasteiger partial charge in [0.1, 0.15) is 0 Å². The minimum Gasteiger partial charge on any atom is -0.462 e. The van der Waals surface area contributed by atoms with E-state index in [-0.39, 0.29) is 0 Å². The van der Waals surface area contributed by atoms with Gasteiger partial charge in [-0.3, -0.25) is 4.79 Å². The zero-order valence-electron chi connectivity index (χ0n) is 5.15. The van der Waals surface area contributed by atoms with Crippen molar-refractivity contribution in [2.24, 2.45) is 5.73 Å². The second-order valence-electron chi connectivity index (χ2n) is 1.26. The summed E-state index contributed by atoms with van der Waals surface area (Å²) < 4.78 is 4.61. The van der Waals surface area contributed by atoms with Crippen LogP contribution in [0.15, 0.2) is 22.8 Å². The number of aldehydes is 1. The molecule has 0 bridgehead atoms. The Labute approximate surface area is 57.9 Å². The molecule has 1 aromatic rings. The highest BCUT2D eigenvalue weighted by atomic mass is 16.3. The zero-order valence-corrected chi connectivity index (χ0v) is 5.15. The quantitative estimate of drug-likeness (QED) is 0.348. The Balaban J connectivity index is 0.000000236. The van der Waals surface area contributed by atoms with E-state index in [1.807, 2.05) is 0 Å². The Bertz CT molecular complexity index is 210. The topological polar surface area (TPSA) is 80.0 Å². The average molecular weight is 138 g/mol. The molecule has 4 heteroatoms. The highest BCUT2D eigenvalue weighted by molar-refractivity contribution is 5.69. The van der Waals surface area contributed by atoms with E-state index >= 15 is 0 Å². The third-order valence-electron chi connectivity index (χ3n) is 0.659. The minimum absolute atomic E-state index is 0.375. The summed E-state index contributed by atoms with van der Waals surface area (Å²) >= 11 is 0. The number of carbonyl (C=O) groups excluding carboxylic acids is 1. The van der Waals surface area contributed by atoms with Gasteiger partial charge in [0.2, 0.25) is 0 Å². The SMILES string of the molecule is N#CN.O=Cc1ccco1. The van der Waals surface area contributed by atoms with E-state index in [1.165, 1.54) is 12.5 Å². The van der Waals surface area contributed by atoms with Crippen LogP contribution in [0, 0.1) is 11.5 Å². The zero-order chi connectivity index (χ0) is 7.82. The first-order valence-electron chi connectivity index (χ1n) is 2.43. The van der Waals surface area contributed by atoms with Crippen LogP contribution >= 0.6 is 0 Å². The van der Waals surface area contributed by atoms with Gasteiger partial charge < -0.3 is 10.2 Å². The van der Waals surface area contributed by atoms with E-state index in [4.69, 9.17) is 5.26 Å². The Morgan fingerprint density at radius 1 is 1.80 bits per heavy atom. The van der Waals surface area contributed by atoms with Crippen molar-refractivity contribution in [1.29, 1.82) is 5.26 Å². The maximum Gasteiger partial charge on any atom is 0.185 e. The number of nitrogens with zero attached hydrogens (tertiary/aromatic N) is 1. The van der Waals surface area contributed by atoms with Gasteiger partial charge in [0.05, 0.1) is 6.26 Å². The number of hydrogen-bond acceptors (Lipinski definition) is 4. The Morgan fingerprint density at radius 2 is 2.40 bits per heavy atom. The van der Waals surface area contributed by atoms with Crippen LogP contribution in [0.5, 0.6) is 0 Å². The van der Waals surface area contributed by atoms with Crippen molar-refractivity contribution >= 4 is 6.29 Å². The van der Waals surface area contributed by atoms with Crippen LogP contribution in [0.2, 0.25) is 0 Å². The number of carbonyl (C=O) groups is 1. The highest BCUT2D eigenvalue weighted by Crippen LogP contribution is 1.92.